The molecule has 3 heterocycles. The normalized spacial score (nSPS) is 15.4. The summed E-state index contributed by atoms with van der Waals surface area (Å²) >= 11 is 3.51. The summed E-state index contributed by atoms with van der Waals surface area (Å²) in [6, 6.07) is 12.9. The third-order valence-electron chi connectivity index (χ3n) is 4.89. The Kier molecular flexibility index (Phi) is 5.02. The van der Waals surface area contributed by atoms with E-state index in [1.807, 2.05) is 12.1 Å². The molecule has 0 amide bonds. The molecular formula is C20H22BrN5. The molecule has 1 aliphatic rings. The summed E-state index contributed by atoms with van der Waals surface area (Å²) in [4.78, 5) is 15.8. The van der Waals surface area contributed by atoms with Crippen molar-refractivity contribution in [2.24, 2.45) is 0 Å². The predicted molar refractivity (Wildman–Crippen MR) is 110 cm³/mol. The zero-order chi connectivity index (χ0) is 17.9. The molecular weight excluding hydrogens is 390 g/mol. The molecule has 0 spiro atoms. The summed E-state index contributed by atoms with van der Waals surface area (Å²) in [5.74, 6) is 2.00. The van der Waals surface area contributed by atoms with Crippen LogP contribution in [0.15, 0.2) is 47.2 Å². The highest BCUT2D eigenvalue weighted by molar-refractivity contribution is 9.10. The van der Waals surface area contributed by atoms with Crippen LogP contribution >= 0.6 is 15.9 Å². The monoisotopic (exact) mass is 411 g/mol. The van der Waals surface area contributed by atoms with Crippen molar-refractivity contribution in [1.29, 1.82) is 0 Å². The molecule has 0 unspecified atom stereocenters. The molecule has 4 rings (SSSR count). The van der Waals surface area contributed by atoms with Crippen molar-refractivity contribution >= 4 is 38.5 Å². The van der Waals surface area contributed by atoms with E-state index in [1.54, 1.807) is 6.33 Å². The summed E-state index contributed by atoms with van der Waals surface area (Å²) in [5, 5.41) is 4.75. The Balaban J connectivity index is 1.39. The van der Waals surface area contributed by atoms with Crippen molar-refractivity contribution in [1.82, 2.24) is 15.0 Å². The van der Waals surface area contributed by atoms with Gasteiger partial charge in [-0.2, -0.15) is 0 Å². The molecule has 0 radical (unpaired) electrons. The number of benzene rings is 1. The van der Waals surface area contributed by atoms with Gasteiger partial charge in [0.25, 0.3) is 0 Å². The van der Waals surface area contributed by atoms with E-state index in [0.29, 0.717) is 6.04 Å². The Bertz CT molecular complexity index is 906. The number of hydrogen-bond donors (Lipinski definition) is 1. The number of rotatable bonds is 4. The molecule has 0 aliphatic carbocycles. The largest absolute Gasteiger partial charge is 0.367 e. The van der Waals surface area contributed by atoms with Gasteiger partial charge in [-0.3, -0.25) is 0 Å². The van der Waals surface area contributed by atoms with Gasteiger partial charge in [0.2, 0.25) is 0 Å². The average molecular weight is 412 g/mol. The van der Waals surface area contributed by atoms with Crippen LogP contribution in [0.2, 0.25) is 0 Å². The SMILES string of the molecule is CCc1cc(N2CCC(Nc3ccc4cc(Br)ccc4n3)CC2)ncn1. The van der Waals surface area contributed by atoms with E-state index < -0.39 is 0 Å². The van der Waals surface area contributed by atoms with Crippen LogP contribution in [-0.4, -0.2) is 34.1 Å². The van der Waals surface area contributed by atoms with Crippen molar-refractivity contribution in [3.8, 4) is 0 Å². The number of pyridine rings is 1. The van der Waals surface area contributed by atoms with Gasteiger partial charge in [-0.25, -0.2) is 15.0 Å². The van der Waals surface area contributed by atoms with E-state index in [9.17, 15) is 0 Å². The topological polar surface area (TPSA) is 53.9 Å². The fraction of sp³-hybridized carbons (Fsp3) is 0.350. The van der Waals surface area contributed by atoms with Gasteiger partial charge in [-0.1, -0.05) is 22.9 Å². The van der Waals surface area contributed by atoms with Crippen LogP contribution in [0.25, 0.3) is 10.9 Å². The van der Waals surface area contributed by atoms with Crippen LogP contribution < -0.4 is 10.2 Å². The Labute approximate surface area is 162 Å². The van der Waals surface area contributed by atoms with Gasteiger partial charge < -0.3 is 10.2 Å². The van der Waals surface area contributed by atoms with Crippen LogP contribution in [0.1, 0.15) is 25.5 Å². The molecule has 0 bridgehead atoms. The first-order valence-electron chi connectivity index (χ1n) is 9.10. The van der Waals surface area contributed by atoms with E-state index in [-0.39, 0.29) is 0 Å². The van der Waals surface area contributed by atoms with E-state index in [0.717, 1.165) is 65.1 Å². The van der Waals surface area contributed by atoms with Crippen LogP contribution in [0, 0.1) is 0 Å². The van der Waals surface area contributed by atoms with E-state index in [1.165, 1.54) is 0 Å². The van der Waals surface area contributed by atoms with Gasteiger partial charge in [0.15, 0.2) is 0 Å². The highest BCUT2D eigenvalue weighted by Crippen LogP contribution is 2.23. The lowest BCUT2D eigenvalue weighted by molar-refractivity contribution is 0.522. The molecule has 2 aromatic heterocycles. The molecule has 6 heteroatoms. The summed E-state index contributed by atoms with van der Waals surface area (Å²) in [5.41, 5.74) is 2.12. The average Bonchev–Trinajstić information content (AvgIpc) is 2.69. The number of halogens is 1. The molecule has 0 saturated carbocycles. The van der Waals surface area contributed by atoms with Gasteiger partial charge in [0.05, 0.1) is 5.52 Å². The number of piperidine rings is 1. The maximum Gasteiger partial charge on any atom is 0.132 e. The molecule has 1 N–H and O–H groups in total. The number of aromatic nitrogens is 3. The predicted octanol–water partition coefficient (Wildman–Crippen LogP) is 4.43. The minimum absolute atomic E-state index is 0.444. The third kappa shape index (κ3) is 3.80. The Morgan fingerprint density at radius 3 is 2.77 bits per heavy atom. The lowest BCUT2D eigenvalue weighted by Crippen LogP contribution is -2.39. The molecule has 0 atom stereocenters. The second kappa shape index (κ2) is 7.58. The fourth-order valence-electron chi connectivity index (χ4n) is 3.39. The van der Waals surface area contributed by atoms with Gasteiger partial charge >= 0.3 is 0 Å². The van der Waals surface area contributed by atoms with Crippen LogP contribution in [0.4, 0.5) is 11.6 Å². The maximum atomic E-state index is 4.74. The van der Waals surface area contributed by atoms with Gasteiger partial charge in [-0.15, -0.1) is 0 Å². The minimum Gasteiger partial charge on any atom is -0.367 e. The van der Waals surface area contributed by atoms with Gasteiger partial charge in [-0.05, 0) is 49.6 Å². The molecule has 1 fully saturated rings. The fourth-order valence-corrected chi connectivity index (χ4v) is 3.77. The quantitative estimate of drug-likeness (QED) is 0.687. The van der Waals surface area contributed by atoms with Crippen molar-refractivity contribution in [2.45, 2.75) is 32.2 Å². The Morgan fingerprint density at radius 2 is 1.96 bits per heavy atom. The molecule has 26 heavy (non-hydrogen) atoms. The number of nitrogens with zero attached hydrogens (tertiary/aromatic N) is 4. The lowest BCUT2D eigenvalue weighted by Gasteiger charge is -2.33. The van der Waals surface area contributed by atoms with E-state index in [2.05, 4.69) is 67.3 Å². The number of fused-ring (bicyclic) bond motifs is 1. The number of anilines is 2. The zero-order valence-electron chi connectivity index (χ0n) is 14.8. The van der Waals surface area contributed by atoms with Crippen molar-refractivity contribution in [3.63, 3.8) is 0 Å². The molecule has 1 aromatic carbocycles. The molecule has 134 valence electrons. The summed E-state index contributed by atoms with van der Waals surface area (Å²) < 4.78 is 1.08. The Hall–Kier alpha value is -2.21. The molecule has 5 nitrogen and oxygen atoms in total. The van der Waals surface area contributed by atoms with E-state index in [4.69, 9.17) is 4.98 Å². The number of aryl methyl sites for hydroxylation is 1. The van der Waals surface area contributed by atoms with Crippen LogP contribution in [0.3, 0.4) is 0 Å². The lowest BCUT2D eigenvalue weighted by atomic mass is 10.0. The summed E-state index contributed by atoms with van der Waals surface area (Å²) in [7, 11) is 0. The highest BCUT2D eigenvalue weighted by Gasteiger charge is 2.20. The zero-order valence-corrected chi connectivity index (χ0v) is 16.4. The van der Waals surface area contributed by atoms with Crippen molar-refractivity contribution in [2.75, 3.05) is 23.3 Å². The highest BCUT2D eigenvalue weighted by atomic mass is 79.9. The standard InChI is InChI=1S/C20H22BrN5/c1-2-16-12-20(23-13-22-16)26-9-7-17(8-10-26)24-19-6-3-14-11-15(21)4-5-18(14)25-19/h3-6,11-13,17H,2,7-10H2,1H3,(H,24,25). The first-order chi connectivity index (χ1) is 12.7. The molecule has 1 saturated heterocycles. The maximum absolute atomic E-state index is 4.74. The summed E-state index contributed by atoms with van der Waals surface area (Å²) in [6.07, 6.45) is 4.77. The number of hydrogen-bond acceptors (Lipinski definition) is 5. The van der Waals surface area contributed by atoms with Gasteiger partial charge in [0, 0.05) is 40.8 Å². The van der Waals surface area contributed by atoms with Crippen molar-refractivity contribution in [3.05, 3.63) is 52.9 Å². The second-order valence-corrected chi connectivity index (χ2v) is 7.58. The summed E-state index contributed by atoms with van der Waals surface area (Å²) in [6.45, 7) is 4.12. The first-order valence-corrected chi connectivity index (χ1v) is 9.89. The van der Waals surface area contributed by atoms with Gasteiger partial charge in [0.1, 0.15) is 18.0 Å². The second-order valence-electron chi connectivity index (χ2n) is 6.66. The van der Waals surface area contributed by atoms with Crippen LogP contribution in [0.5, 0.6) is 0 Å². The smallest absolute Gasteiger partial charge is 0.132 e. The Morgan fingerprint density at radius 1 is 1.12 bits per heavy atom. The first kappa shape index (κ1) is 17.2. The third-order valence-corrected chi connectivity index (χ3v) is 5.39. The van der Waals surface area contributed by atoms with E-state index >= 15 is 0 Å². The minimum atomic E-state index is 0.444. The number of nitrogens with one attached hydrogen (secondary N) is 1. The van der Waals surface area contributed by atoms with Crippen molar-refractivity contribution < 1.29 is 0 Å². The molecule has 1 aliphatic heterocycles. The van der Waals surface area contributed by atoms with Crippen LogP contribution in [-0.2, 0) is 6.42 Å². The molecule has 3 aromatic rings.